The third-order valence-electron chi connectivity index (χ3n) is 3.13. The van der Waals surface area contributed by atoms with Gasteiger partial charge in [-0.3, -0.25) is 0 Å². The van der Waals surface area contributed by atoms with Crippen molar-refractivity contribution in [2.45, 2.75) is 13.5 Å². The summed E-state index contributed by atoms with van der Waals surface area (Å²) in [7, 11) is 0. The Morgan fingerprint density at radius 2 is 2.14 bits per heavy atom. The average molecular weight is 335 g/mol. The molecule has 114 valence electrons. The van der Waals surface area contributed by atoms with Gasteiger partial charge in [-0.05, 0) is 42.8 Å². The summed E-state index contributed by atoms with van der Waals surface area (Å²) < 4.78 is 6.58. The molecule has 0 radical (unpaired) electrons. The number of anilines is 1. The number of benzene rings is 2. The van der Waals surface area contributed by atoms with Crippen LogP contribution < -0.4 is 10.1 Å². The summed E-state index contributed by atoms with van der Waals surface area (Å²) in [6, 6.07) is 11.0. The molecule has 0 amide bonds. The lowest BCUT2D eigenvalue weighted by atomic mass is 10.2. The van der Waals surface area contributed by atoms with Gasteiger partial charge in [0.2, 0.25) is 0 Å². The quantitative estimate of drug-likeness (QED) is 0.712. The molecule has 1 heterocycles. The molecule has 3 rings (SSSR count). The fourth-order valence-corrected chi connectivity index (χ4v) is 3.17. The first-order chi connectivity index (χ1) is 10.7. The van der Waals surface area contributed by atoms with E-state index in [0.717, 1.165) is 26.7 Å². The molecule has 0 aliphatic carbocycles. The minimum absolute atomic E-state index is 0.0915. The van der Waals surface area contributed by atoms with Crippen LogP contribution in [0.5, 0.6) is 11.5 Å². The largest absolute Gasteiger partial charge is 0.506 e. The van der Waals surface area contributed by atoms with Crippen LogP contribution in [0.15, 0.2) is 36.4 Å². The van der Waals surface area contributed by atoms with Crippen molar-refractivity contribution in [1.82, 2.24) is 4.98 Å². The van der Waals surface area contributed by atoms with Crippen molar-refractivity contribution in [2.24, 2.45) is 0 Å². The first kappa shape index (κ1) is 14.9. The fraction of sp³-hybridized carbons (Fsp3) is 0.188. The zero-order chi connectivity index (χ0) is 15.5. The molecule has 0 atom stereocenters. The van der Waals surface area contributed by atoms with Crippen LogP contribution in [0.4, 0.5) is 5.13 Å². The van der Waals surface area contributed by atoms with Crippen LogP contribution in [0.1, 0.15) is 12.5 Å². The molecule has 22 heavy (non-hydrogen) atoms. The van der Waals surface area contributed by atoms with Gasteiger partial charge in [-0.25, -0.2) is 4.98 Å². The van der Waals surface area contributed by atoms with Crippen molar-refractivity contribution in [3.63, 3.8) is 0 Å². The average Bonchev–Trinajstić information content (AvgIpc) is 2.91. The van der Waals surface area contributed by atoms with Gasteiger partial charge >= 0.3 is 0 Å². The maximum atomic E-state index is 9.42. The number of ether oxygens (including phenoxy) is 1. The minimum Gasteiger partial charge on any atom is -0.506 e. The highest BCUT2D eigenvalue weighted by atomic mass is 35.5. The lowest BCUT2D eigenvalue weighted by Crippen LogP contribution is -1.98. The molecule has 0 saturated carbocycles. The normalized spacial score (nSPS) is 10.8. The molecule has 0 aliphatic heterocycles. The highest BCUT2D eigenvalue weighted by Crippen LogP contribution is 2.30. The zero-order valence-electron chi connectivity index (χ0n) is 12.0. The van der Waals surface area contributed by atoms with Gasteiger partial charge in [0.05, 0.1) is 21.8 Å². The van der Waals surface area contributed by atoms with Gasteiger partial charge in [0.1, 0.15) is 11.5 Å². The molecule has 2 aromatic carbocycles. The lowest BCUT2D eigenvalue weighted by Gasteiger charge is -2.04. The van der Waals surface area contributed by atoms with Crippen LogP contribution in [0.25, 0.3) is 10.2 Å². The maximum Gasteiger partial charge on any atom is 0.184 e. The summed E-state index contributed by atoms with van der Waals surface area (Å²) in [6.07, 6.45) is 0. The van der Waals surface area contributed by atoms with Gasteiger partial charge in [0.25, 0.3) is 0 Å². The fourth-order valence-electron chi connectivity index (χ4n) is 2.08. The molecule has 1 aromatic heterocycles. The summed E-state index contributed by atoms with van der Waals surface area (Å²) in [5.74, 6) is 0.948. The third-order valence-corrected chi connectivity index (χ3v) is 4.41. The van der Waals surface area contributed by atoms with Crippen molar-refractivity contribution >= 4 is 38.3 Å². The van der Waals surface area contributed by atoms with Gasteiger partial charge in [-0.2, -0.15) is 0 Å². The number of hydrogen-bond acceptors (Lipinski definition) is 5. The van der Waals surface area contributed by atoms with Gasteiger partial charge in [-0.15, -0.1) is 0 Å². The first-order valence-corrected chi connectivity index (χ1v) is 8.10. The van der Waals surface area contributed by atoms with Crippen LogP contribution in [0.3, 0.4) is 0 Å². The molecule has 0 fully saturated rings. The second-order valence-electron chi connectivity index (χ2n) is 4.72. The number of aromatic nitrogens is 1. The molecule has 4 nitrogen and oxygen atoms in total. The molecule has 0 saturated heterocycles. The van der Waals surface area contributed by atoms with E-state index < -0.39 is 0 Å². The number of thiazole rings is 1. The van der Waals surface area contributed by atoms with E-state index in [4.69, 9.17) is 16.3 Å². The predicted molar refractivity (Wildman–Crippen MR) is 91.2 cm³/mol. The molecule has 0 spiro atoms. The Kier molecular flexibility index (Phi) is 4.36. The number of phenols is 1. The smallest absolute Gasteiger partial charge is 0.184 e. The van der Waals surface area contributed by atoms with E-state index in [1.54, 1.807) is 23.5 Å². The molecule has 2 N–H and O–H groups in total. The highest BCUT2D eigenvalue weighted by Gasteiger charge is 2.06. The van der Waals surface area contributed by atoms with Gasteiger partial charge in [0, 0.05) is 6.54 Å². The Balaban J connectivity index is 1.74. The molecule has 3 aromatic rings. The molecular weight excluding hydrogens is 320 g/mol. The van der Waals surface area contributed by atoms with E-state index in [1.807, 2.05) is 31.2 Å². The van der Waals surface area contributed by atoms with Crippen molar-refractivity contribution in [3.05, 3.63) is 47.0 Å². The van der Waals surface area contributed by atoms with Gasteiger partial charge in [-0.1, -0.05) is 29.0 Å². The molecule has 6 heteroatoms. The number of halogens is 1. The number of phenolic OH excluding ortho intramolecular Hbond substituents is 1. The Bertz CT molecular complexity index is 804. The second-order valence-corrected chi connectivity index (χ2v) is 6.16. The van der Waals surface area contributed by atoms with Crippen LogP contribution in [0, 0.1) is 0 Å². The molecule has 0 aliphatic rings. The number of fused-ring (bicyclic) bond motifs is 1. The van der Waals surface area contributed by atoms with Gasteiger partial charge < -0.3 is 15.2 Å². The maximum absolute atomic E-state index is 9.42. The van der Waals surface area contributed by atoms with Crippen molar-refractivity contribution in [1.29, 1.82) is 0 Å². The highest BCUT2D eigenvalue weighted by molar-refractivity contribution is 7.22. The van der Waals surface area contributed by atoms with Crippen LogP contribution in [-0.4, -0.2) is 16.7 Å². The van der Waals surface area contributed by atoms with Crippen LogP contribution in [0.2, 0.25) is 5.02 Å². The number of hydrogen-bond donors (Lipinski definition) is 2. The summed E-state index contributed by atoms with van der Waals surface area (Å²) in [4.78, 5) is 4.54. The first-order valence-electron chi connectivity index (χ1n) is 6.90. The Labute approximate surface area is 137 Å². The number of nitrogens with zero attached hydrogens (tertiary/aromatic N) is 1. The van der Waals surface area contributed by atoms with Crippen LogP contribution in [-0.2, 0) is 6.54 Å². The molecule has 0 bridgehead atoms. The van der Waals surface area contributed by atoms with E-state index >= 15 is 0 Å². The van der Waals surface area contributed by atoms with E-state index in [-0.39, 0.29) is 5.75 Å². The SMILES string of the molecule is CCOc1ccc2nc(NCc3ccc(O)c(Cl)c3)sc2c1. The Hall–Kier alpha value is -1.98. The van der Waals surface area contributed by atoms with Crippen molar-refractivity contribution in [2.75, 3.05) is 11.9 Å². The number of aromatic hydroxyl groups is 1. The van der Waals surface area contributed by atoms with Gasteiger partial charge in [0.15, 0.2) is 5.13 Å². The summed E-state index contributed by atoms with van der Waals surface area (Å²) in [5.41, 5.74) is 1.93. The van der Waals surface area contributed by atoms with E-state index in [9.17, 15) is 5.11 Å². The minimum atomic E-state index is 0.0915. The summed E-state index contributed by atoms with van der Waals surface area (Å²) in [6.45, 7) is 3.21. The van der Waals surface area contributed by atoms with Crippen LogP contribution >= 0.6 is 22.9 Å². The van der Waals surface area contributed by atoms with E-state index in [2.05, 4.69) is 10.3 Å². The van der Waals surface area contributed by atoms with E-state index in [0.29, 0.717) is 18.2 Å². The van der Waals surface area contributed by atoms with E-state index in [1.165, 1.54) is 0 Å². The topological polar surface area (TPSA) is 54.4 Å². The van der Waals surface area contributed by atoms with Crippen molar-refractivity contribution < 1.29 is 9.84 Å². The number of rotatable bonds is 5. The molecular formula is C16H15ClN2O2S. The predicted octanol–water partition coefficient (Wildman–Crippen LogP) is 4.67. The third kappa shape index (κ3) is 3.26. The zero-order valence-corrected chi connectivity index (χ0v) is 13.5. The monoisotopic (exact) mass is 334 g/mol. The Morgan fingerprint density at radius 3 is 2.91 bits per heavy atom. The summed E-state index contributed by atoms with van der Waals surface area (Å²) in [5, 5.41) is 13.9. The standard InChI is InChI=1S/C16H15ClN2O2S/c1-2-21-11-4-5-13-15(8-11)22-16(19-13)18-9-10-3-6-14(20)12(17)7-10/h3-8,20H,2,9H2,1H3,(H,18,19). The second kappa shape index (κ2) is 6.42. The summed E-state index contributed by atoms with van der Waals surface area (Å²) >= 11 is 7.48. The molecule has 0 unspecified atom stereocenters. The Morgan fingerprint density at radius 1 is 1.27 bits per heavy atom. The lowest BCUT2D eigenvalue weighted by molar-refractivity contribution is 0.341. The van der Waals surface area contributed by atoms with Crippen molar-refractivity contribution in [3.8, 4) is 11.5 Å². The number of nitrogens with one attached hydrogen (secondary N) is 1.